The van der Waals surface area contributed by atoms with E-state index in [2.05, 4.69) is 0 Å². The summed E-state index contributed by atoms with van der Waals surface area (Å²) in [6.45, 7) is 5.10. The van der Waals surface area contributed by atoms with Crippen molar-refractivity contribution in [2.24, 2.45) is 0 Å². The van der Waals surface area contributed by atoms with Crippen molar-refractivity contribution < 1.29 is 24.5 Å². The number of anilines is 1. The molecule has 3 aromatic rings. The predicted octanol–water partition coefficient (Wildman–Crippen LogP) is 5.36. The van der Waals surface area contributed by atoms with Crippen molar-refractivity contribution in [3.8, 4) is 17.1 Å². The molecule has 1 amide bonds. The summed E-state index contributed by atoms with van der Waals surface area (Å²) in [6, 6.07) is 10.5. The van der Waals surface area contributed by atoms with Gasteiger partial charge in [0.1, 0.15) is 17.8 Å². The van der Waals surface area contributed by atoms with E-state index < -0.39 is 11.6 Å². The maximum absolute atomic E-state index is 12.6. The minimum Gasteiger partial charge on any atom is -0.508 e. The van der Waals surface area contributed by atoms with Crippen molar-refractivity contribution in [2.75, 3.05) is 18.1 Å². The second kappa shape index (κ2) is 10.5. The highest BCUT2D eigenvalue weighted by Crippen LogP contribution is 2.34. The fourth-order valence-corrected chi connectivity index (χ4v) is 5.26. The van der Waals surface area contributed by atoms with Gasteiger partial charge in [-0.3, -0.25) is 4.90 Å². The monoisotopic (exact) mass is 509 g/mol. The fourth-order valence-electron chi connectivity index (χ4n) is 5.26. The second-order valence-corrected chi connectivity index (χ2v) is 10.4. The first-order chi connectivity index (χ1) is 17.8. The normalized spacial score (nSPS) is 20.6. The Kier molecular flexibility index (Phi) is 7.21. The Hall–Kier alpha value is -3.37. The minimum absolute atomic E-state index is 0.173. The minimum atomic E-state index is -1.05. The molecule has 10 nitrogen and oxygen atoms in total. The molecular weight excluding hydrogens is 474 g/mol. The van der Waals surface area contributed by atoms with Gasteiger partial charge in [0, 0.05) is 31.4 Å². The largest absolute Gasteiger partial charge is 0.508 e. The Morgan fingerprint density at radius 1 is 1.05 bits per heavy atom. The first kappa shape index (κ1) is 25.3. The summed E-state index contributed by atoms with van der Waals surface area (Å²) in [5.74, 6) is 1.91. The lowest BCUT2D eigenvalue weighted by atomic mass is 9.98. The SMILES string of the molecule is CC(C)(Cc1nc(-c2ccc(O)cc2)n(C2CCCCO2)n1)N(C(=O)O)c1cccn1C1CCCCO1. The zero-order valence-electron chi connectivity index (χ0n) is 21.4. The van der Waals surface area contributed by atoms with E-state index in [9.17, 15) is 15.0 Å². The topological polar surface area (TPSA) is 115 Å². The molecule has 2 aliphatic heterocycles. The quantitative estimate of drug-likeness (QED) is 0.441. The number of amides is 1. The molecule has 2 N–H and O–H groups in total. The van der Waals surface area contributed by atoms with Gasteiger partial charge in [0.15, 0.2) is 17.9 Å². The number of nitrogens with zero attached hydrogens (tertiary/aromatic N) is 5. The van der Waals surface area contributed by atoms with Gasteiger partial charge in [-0.05, 0) is 88.8 Å². The van der Waals surface area contributed by atoms with E-state index in [0.717, 1.165) is 44.1 Å². The second-order valence-electron chi connectivity index (χ2n) is 10.4. The van der Waals surface area contributed by atoms with Crippen LogP contribution >= 0.6 is 0 Å². The summed E-state index contributed by atoms with van der Waals surface area (Å²) in [5, 5.41) is 24.9. The van der Waals surface area contributed by atoms with Crippen molar-refractivity contribution in [2.45, 2.75) is 76.8 Å². The molecule has 0 spiro atoms. The van der Waals surface area contributed by atoms with Gasteiger partial charge in [0.25, 0.3) is 0 Å². The molecule has 0 radical (unpaired) electrons. The third-order valence-corrected chi connectivity index (χ3v) is 7.07. The van der Waals surface area contributed by atoms with Gasteiger partial charge in [-0.25, -0.2) is 14.5 Å². The average Bonchev–Trinajstić information content (AvgIpc) is 3.52. The molecule has 4 heterocycles. The number of hydrogen-bond donors (Lipinski definition) is 2. The van der Waals surface area contributed by atoms with Gasteiger partial charge >= 0.3 is 6.09 Å². The molecule has 2 aliphatic rings. The third-order valence-electron chi connectivity index (χ3n) is 7.07. The van der Waals surface area contributed by atoms with Gasteiger partial charge in [-0.1, -0.05) is 0 Å². The van der Waals surface area contributed by atoms with Crippen molar-refractivity contribution in [3.05, 3.63) is 48.4 Å². The van der Waals surface area contributed by atoms with Crippen LogP contribution in [0.15, 0.2) is 42.6 Å². The van der Waals surface area contributed by atoms with Gasteiger partial charge in [-0.2, -0.15) is 5.10 Å². The molecule has 0 aliphatic carbocycles. The Morgan fingerprint density at radius 3 is 2.35 bits per heavy atom. The van der Waals surface area contributed by atoms with Gasteiger partial charge in [-0.15, -0.1) is 0 Å². The molecule has 2 aromatic heterocycles. The van der Waals surface area contributed by atoms with E-state index in [0.29, 0.717) is 37.1 Å². The predicted molar refractivity (Wildman–Crippen MR) is 138 cm³/mol. The van der Waals surface area contributed by atoms with Crippen molar-refractivity contribution >= 4 is 11.9 Å². The summed E-state index contributed by atoms with van der Waals surface area (Å²) < 4.78 is 15.7. The van der Waals surface area contributed by atoms with E-state index in [1.807, 2.05) is 36.7 Å². The Labute approximate surface area is 216 Å². The first-order valence-corrected chi connectivity index (χ1v) is 13.0. The lowest BCUT2D eigenvalue weighted by Gasteiger charge is -2.37. The van der Waals surface area contributed by atoms with E-state index in [1.54, 1.807) is 28.9 Å². The third kappa shape index (κ3) is 5.35. The zero-order valence-corrected chi connectivity index (χ0v) is 21.4. The highest BCUT2D eigenvalue weighted by Gasteiger charge is 2.37. The maximum Gasteiger partial charge on any atom is 0.413 e. The lowest BCUT2D eigenvalue weighted by Crippen LogP contribution is -2.50. The van der Waals surface area contributed by atoms with Crippen molar-refractivity contribution in [1.82, 2.24) is 19.3 Å². The van der Waals surface area contributed by atoms with E-state index in [1.165, 1.54) is 4.90 Å². The number of rotatable bonds is 7. The first-order valence-electron chi connectivity index (χ1n) is 13.0. The number of benzene rings is 1. The summed E-state index contributed by atoms with van der Waals surface area (Å²) in [4.78, 5) is 18.9. The Bertz CT molecular complexity index is 1210. The van der Waals surface area contributed by atoms with Gasteiger partial charge < -0.3 is 24.3 Å². The number of ether oxygens (including phenoxy) is 2. The lowest BCUT2D eigenvalue weighted by molar-refractivity contribution is -0.0387. The molecule has 0 bridgehead atoms. The summed E-state index contributed by atoms with van der Waals surface area (Å²) in [7, 11) is 0. The Morgan fingerprint density at radius 2 is 1.73 bits per heavy atom. The number of carbonyl (C=O) groups is 1. The van der Waals surface area contributed by atoms with Crippen molar-refractivity contribution in [1.29, 1.82) is 0 Å². The van der Waals surface area contributed by atoms with Crippen LogP contribution in [0.1, 0.15) is 70.7 Å². The number of aromatic hydroxyl groups is 1. The molecule has 198 valence electrons. The van der Waals surface area contributed by atoms with Crippen LogP contribution < -0.4 is 4.90 Å². The number of aromatic nitrogens is 4. The standard InChI is InChI=1S/C27H35N5O5/c1-27(2,31(26(34)35)22-8-7-15-30(22)23-9-3-5-16-36-23)18-21-28-25(19-11-13-20(33)14-12-19)32(29-21)24-10-4-6-17-37-24/h7-8,11-15,23-24,33H,3-6,9-10,16-18H2,1-2H3,(H,34,35). The molecule has 0 saturated carbocycles. The average molecular weight is 510 g/mol. The number of phenols is 1. The molecule has 2 fully saturated rings. The molecule has 37 heavy (non-hydrogen) atoms. The van der Waals surface area contributed by atoms with Crippen LogP contribution in [0.5, 0.6) is 5.75 Å². The summed E-state index contributed by atoms with van der Waals surface area (Å²) in [6.07, 6.45) is 6.49. The van der Waals surface area contributed by atoms with Crippen LogP contribution in [-0.2, 0) is 15.9 Å². The number of carboxylic acid groups (broad SMARTS) is 1. The van der Waals surface area contributed by atoms with Crippen LogP contribution in [0.4, 0.5) is 10.6 Å². The molecule has 1 aromatic carbocycles. The Balaban J connectivity index is 1.47. The number of hydrogen-bond acceptors (Lipinski definition) is 6. The van der Waals surface area contributed by atoms with Crippen LogP contribution in [-0.4, -0.2) is 54.4 Å². The smallest absolute Gasteiger partial charge is 0.413 e. The molecular formula is C27H35N5O5. The fraction of sp³-hybridized carbons (Fsp3) is 0.519. The zero-order chi connectivity index (χ0) is 26.0. The molecule has 2 unspecified atom stereocenters. The molecule has 5 rings (SSSR count). The summed E-state index contributed by atoms with van der Waals surface area (Å²) in [5.41, 5.74) is -0.0513. The van der Waals surface area contributed by atoms with Crippen LogP contribution in [0.25, 0.3) is 11.4 Å². The van der Waals surface area contributed by atoms with E-state index in [4.69, 9.17) is 19.6 Å². The summed E-state index contributed by atoms with van der Waals surface area (Å²) >= 11 is 0. The molecule has 10 heteroatoms. The molecule has 2 saturated heterocycles. The maximum atomic E-state index is 12.6. The van der Waals surface area contributed by atoms with Crippen molar-refractivity contribution in [3.63, 3.8) is 0 Å². The van der Waals surface area contributed by atoms with E-state index in [-0.39, 0.29) is 18.2 Å². The van der Waals surface area contributed by atoms with E-state index >= 15 is 0 Å². The highest BCUT2D eigenvalue weighted by molar-refractivity contribution is 5.86. The van der Waals surface area contributed by atoms with Crippen LogP contribution in [0.2, 0.25) is 0 Å². The molecule has 2 atom stereocenters. The van der Waals surface area contributed by atoms with Crippen LogP contribution in [0, 0.1) is 0 Å². The van der Waals surface area contributed by atoms with Gasteiger partial charge in [0.2, 0.25) is 0 Å². The van der Waals surface area contributed by atoms with Crippen LogP contribution in [0.3, 0.4) is 0 Å². The number of phenolic OH excluding ortho intramolecular Hbond substituents is 1. The highest BCUT2D eigenvalue weighted by atomic mass is 16.5. The van der Waals surface area contributed by atoms with Gasteiger partial charge in [0.05, 0.1) is 5.54 Å².